The van der Waals surface area contributed by atoms with E-state index in [1.165, 1.54) is 0 Å². The molecular formula is C13H17N3O2. The van der Waals surface area contributed by atoms with Crippen LogP contribution in [0.15, 0.2) is 24.5 Å². The third kappa shape index (κ3) is 2.87. The second-order valence-corrected chi connectivity index (χ2v) is 4.33. The smallest absolute Gasteiger partial charge is 0.307 e. The van der Waals surface area contributed by atoms with Gasteiger partial charge in [-0.3, -0.25) is 4.79 Å². The summed E-state index contributed by atoms with van der Waals surface area (Å²) in [6.45, 7) is 3.04. The van der Waals surface area contributed by atoms with Gasteiger partial charge in [-0.2, -0.15) is 0 Å². The molecule has 1 aromatic carbocycles. The van der Waals surface area contributed by atoms with Crippen LogP contribution in [0.3, 0.4) is 0 Å². The maximum absolute atomic E-state index is 10.9. The summed E-state index contributed by atoms with van der Waals surface area (Å²) in [5.74, 6) is -1.06. The Balaban J connectivity index is 1.91. The number of imidazole rings is 1. The van der Waals surface area contributed by atoms with E-state index in [2.05, 4.69) is 15.3 Å². The summed E-state index contributed by atoms with van der Waals surface area (Å²) in [5, 5.41) is 12.1. The van der Waals surface area contributed by atoms with E-state index >= 15 is 0 Å². The first-order valence-corrected chi connectivity index (χ1v) is 6.06. The average Bonchev–Trinajstić information content (AvgIpc) is 2.81. The lowest BCUT2D eigenvalue weighted by Gasteiger charge is -2.10. The first kappa shape index (κ1) is 12.6. The Hall–Kier alpha value is -1.88. The lowest BCUT2D eigenvalue weighted by Crippen LogP contribution is -2.27. The fourth-order valence-electron chi connectivity index (χ4n) is 1.89. The number of carbonyl (C=O) groups is 1. The topological polar surface area (TPSA) is 78.0 Å². The Bertz CT molecular complexity index is 536. The standard InChI is InChI=1S/C13H17N3O2/c1-2-10(13(17)18)7-14-6-9-3-4-11-12(5-9)16-8-15-11/h3-5,8,10,14H,2,6-7H2,1H3,(H,15,16)(H,17,18). The van der Waals surface area contributed by atoms with Gasteiger partial charge < -0.3 is 15.4 Å². The van der Waals surface area contributed by atoms with Crippen LogP contribution in [0, 0.1) is 5.92 Å². The van der Waals surface area contributed by atoms with Crippen LogP contribution >= 0.6 is 0 Å². The summed E-state index contributed by atoms with van der Waals surface area (Å²) in [5.41, 5.74) is 3.06. The molecule has 0 aliphatic carbocycles. The highest BCUT2D eigenvalue weighted by Crippen LogP contribution is 2.11. The van der Waals surface area contributed by atoms with Gasteiger partial charge in [-0.15, -0.1) is 0 Å². The molecule has 18 heavy (non-hydrogen) atoms. The average molecular weight is 247 g/mol. The van der Waals surface area contributed by atoms with Crippen LogP contribution < -0.4 is 5.32 Å². The number of carboxylic acids is 1. The first-order valence-electron chi connectivity index (χ1n) is 6.06. The second kappa shape index (κ2) is 5.64. The van der Waals surface area contributed by atoms with Crippen molar-refractivity contribution in [2.24, 2.45) is 5.92 Å². The Morgan fingerprint density at radius 3 is 3.11 bits per heavy atom. The molecule has 5 heteroatoms. The van der Waals surface area contributed by atoms with Gasteiger partial charge in [-0.25, -0.2) is 4.98 Å². The lowest BCUT2D eigenvalue weighted by atomic mass is 10.1. The maximum Gasteiger partial charge on any atom is 0.307 e. The molecule has 0 saturated carbocycles. The Labute approximate surface area is 105 Å². The minimum Gasteiger partial charge on any atom is -0.481 e. The monoisotopic (exact) mass is 247 g/mol. The third-order valence-corrected chi connectivity index (χ3v) is 3.05. The van der Waals surface area contributed by atoms with Crippen LogP contribution in [0.1, 0.15) is 18.9 Å². The number of fused-ring (bicyclic) bond motifs is 1. The zero-order chi connectivity index (χ0) is 13.0. The van der Waals surface area contributed by atoms with Crippen LogP contribution in [0.2, 0.25) is 0 Å². The Kier molecular flexibility index (Phi) is 3.94. The highest BCUT2D eigenvalue weighted by atomic mass is 16.4. The first-order chi connectivity index (χ1) is 8.70. The molecule has 2 aromatic rings. The van der Waals surface area contributed by atoms with Gasteiger partial charge in [0.25, 0.3) is 0 Å². The van der Waals surface area contributed by atoms with Gasteiger partial charge in [0.05, 0.1) is 23.3 Å². The molecule has 0 aliphatic heterocycles. The molecule has 0 radical (unpaired) electrons. The molecule has 0 bridgehead atoms. The normalized spacial score (nSPS) is 12.7. The number of aromatic amines is 1. The fraction of sp³-hybridized carbons (Fsp3) is 0.385. The summed E-state index contributed by atoms with van der Waals surface area (Å²) in [6.07, 6.45) is 2.31. The van der Waals surface area contributed by atoms with Gasteiger partial charge in [0, 0.05) is 13.1 Å². The fourth-order valence-corrected chi connectivity index (χ4v) is 1.89. The minimum absolute atomic E-state index is 0.319. The highest BCUT2D eigenvalue weighted by Gasteiger charge is 2.13. The third-order valence-electron chi connectivity index (χ3n) is 3.05. The van der Waals surface area contributed by atoms with Crippen molar-refractivity contribution in [3.05, 3.63) is 30.1 Å². The van der Waals surface area contributed by atoms with E-state index in [9.17, 15) is 4.79 Å². The number of nitrogens with zero attached hydrogens (tertiary/aromatic N) is 1. The highest BCUT2D eigenvalue weighted by molar-refractivity contribution is 5.75. The maximum atomic E-state index is 10.9. The molecule has 0 spiro atoms. The van der Waals surface area contributed by atoms with Crippen LogP contribution in [0.4, 0.5) is 0 Å². The predicted molar refractivity (Wildman–Crippen MR) is 69.2 cm³/mol. The number of rotatable bonds is 6. The predicted octanol–water partition coefficient (Wildman–Crippen LogP) is 1.76. The lowest BCUT2D eigenvalue weighted by molar-refractivity contribution is -0.141. The molecule has 96 valence electrons. The molecule has 1 aromatic heterocycles. The molecule has 0 fully saturated rings. The molecular weight excluding hydrogens is 230 g/mol. The van der Waals surface area contributed by atoms with Crippen molar-refractivity contribution in [2.75, 3.05) is 6.54 Å². The van der Waals surface area contributed by atoms with Crippen molar-refractivity contribution < 1.29 is 9.90 Å². The molecule has 0 aliphatic rings. The van der Waals surface area contributed by atoms with Crippen molar-refractivity contribution in [2.45, 2.75) is 19.9 Å². The largest absolute Gasteiger partial charge is 0.481 e. The number of nitrogens with one attached hydrogen (secondary N) is 2. The molecule has 2 rings (SSSR count). The van der Waals surface area contributed by atoms with E-state index < -0.39 is 5.97 Å². The number of H-pyrrole nitrogens is 1. The van der Waals surface area contributed by atoms with Gasteiger partial charge in [0.1, 0.15) is 0 Å². The van der Waals surface area contributed by atoms with E-state index in [0.29, 0.717) is 19.5 Å². The zero-order valence-electron chi connectivity index (χ0n) is 10.3. The van der Waals surface area contributed by atoms with Crippen molar-refractivity contribution in [3.8, 4) is 0 Å². The number of hydrogen-bond donors (Lipinski definition) is 3. The molecule has 1 heterocycles. The van der Waals surface area contributed by atoms with E-state index in [1.807, 2.05) is 25.1 Å². The summed E-state index contributed by atoms with van der Waals surface area (Å²) in [6, 6.07) is 5.98. The number of aromatic nitrogens is 2. The number of carboxylic acid groups (broad SMARTS) is 1. The van der Waals surface area contributed by atoms with Gasteiger partial charge in [0.2, 0.25) is 0 Å². The molecule has 1 atom stereocenters. The zero-order valence-corrected chi connectivity index (χ0v) is 10.3. The number of benzene rings is 1. The van der Waals surface area contributed by atoms with Gasteiger partial charge in [-0.05, 0) is 24.1 Å². The van der Waals surface area contributed by atoms with E-state index in [1.54, 1.807) is 6.33 Å². The van der Waals surface area contributed by atoms with Crippen LogP contribution in [-0.2, 0) is 11.3 Å². The molecule has 0 saturated heterocycles. The summed E-state index contributed by atoms with van der Waals surface area (Å²) < 4.78 is 0. The SMILES string of the molecule is CCC(CNCc1ccc2nc[nH]c2c1)C(=O)O. The van der Waals surface area contributed by atoms with Crippen molar-refractivity contribution in [1.29, 1.82) is 0 Å². The van der Waals surface area contributed by atoms with Gasteiger partial charge >= 0.3 is 5.97 Å². The van der Waals surface area contributed by atoms with Crippen LogP contribution in [0.25, 0.3) is 11.0 Å². The van der Waals surface area contributed by atoms with Crippen LogP contribution in [-0.4, -0.2) is 27.6 Å². The quantitative estimate of drug-likeness (QED) is 0.727. The molecule has 3 N–H and O–H groups in total. The van der Waals surface area contributed by atoms with E-state index in [0.717, 1.165) is 16.6 Å². The van der Waals surface area contributed by atoms with Crippen LogP contribution in [0.5, 0.6) is 0 Å². The van der Waals surface area contributed by atoms with Crippen molar-refractivity contribution in [1.82, 2.24) is 15.3 Å². The van der Waals surface area contributed by atoms with Crippen molar-refractivity contribution >= 4 is 17.0 Å². The summed E-state index contributed by atoms with van der Waals surface area (Å²) in [7, 11) is 0. The summed E-state index contributed by atoms with van der Waals surface area (Å²) in [4.78, 5) is 18.1. The Morgan fingerprint density at radius 2 is 2.39 bits per heavy atom. The second-order valence-electron chi connectivity index (χ2n) is 4.33. The van der Waals surface area contributed by atoms with Gasteiger partial charge in [-0.1, -0.05) is 13.0 Å². The van der Waals surface area contributed by atoms with E-state index in [-0.39, 0.29) is 5.92 Å². The minimum atomic E-state index is -0.742. The van der Waals surface area contributed by atoms with Crippen molar-refractivity contribution in [3.63, 3.8) is 0 Å². The number of aliphatic carboxylic acids is 1. The number of hydrogen-bond acceptors (Lipinski definition) is 3. The molecule has 0 amide bonds. The molecule has 5 nitrogen and oxygen atoms in total. The summed E-state index contributed by atoms with van der Waals surface area (Å²) >= 11 is 0. The van der Waals surface area contributed by atoms with E-state index in [4.69, 9.17) is 5.11 Å². The molecule has 1 unspecified atom stereocenters. The van der Waals surface area contributed by atoms with Gasteiger partial charge in [0.15, 0.2) is 0 Å². The Morgan fingerprint density at radius 1 is 1.56 bits per heavy atom.